The van der Waals surface area contributed by atoms with Crippen LogP contribution in [-0.2, 0) is 17.5 Å². The summed E-state index contributed by atoms with van der Waals surface area (Å²) in [4.78, 5) is 43.8. The third-order valence-electron chi connectivity index (χ3n) is 4.39. The highest BCUT2D eigenvalue weighted by Gasteiger charge is 2.32. The number of hydrogen-bond donors (Lipinski definition) is 3. The Labute approximate surface area is 171 Å². The molecule has 0 saturated carbocycles. The van der Waals surface area contributed by atoms with Gasteiger partial charge < -0.3 is 15.5 Å². The van der Waals surface area contributed by atoms with E-state index in [-0.39, 0.29) is 23.1 Å². The molecule has 3 aromatic heterocycles. The molecule has 1 amide bonds. The van der Waals surface area contributed by atoms with Crippen molar-refractivity contribution < 1.29 is 33.0 Å². The monoisotopic (exact) mass is 436 g/mol. The minimum atomic E-state index is -4.63. The van der Waals surface area contributed by atoms with Crippen molar-refractivity contribution in [3.05, 3.63) is 63.8 Å². The van der Waals surface area contributed by atoms with Gasteiger partial charge in [-0.05, 0) is 30.7 Å². The lowest BCUT2D eigenvalue weighted by Crippen LogP contribution is -2.41. The van der Waals surface area contributed by atoms with Crippen molar-refractivity contribution in [1.82, 2.24) is 19.9 Å². The van der Waals surface area contributed by atoms with Gasteiger partial charge in [-0.1, -0.05) is 6.07 Å². The van der Waals surface area contributed by atoms with E-state index >= 15 is 0 Å². The van der Waals surface area contributed by atoms with Gasteiger partial charge in [0.05, 0.1) is 11.9 Å². The number of amides is 1. The van der Waals surface area contributed by atoms with Crippen LogP contribution in [0.15, 0.2) is 41.5 Å². The first-order chi connectivity index (χ1) is 14.5. The van der Waals surface area contributed by atoms with Gasteiger partial charge in [0.25, 0.3) is 11.5 Å². The van der Waals surface area contributed by atoms with Gasteiger partial charge in [-0.25, -0.2) is 4.98 Å². The summed E-state index contributed by atoms with van der Waals surface area (Å²) >= 11 is 0. The molecule has 0 bridgehead atoms. The molecule has 1 atom stereocenters. The second kappa shape index (κ2) is 8.05. The number of fused-ring (bicyclic) bond motifs is 1. The number of alkyl halides is 3. The van der Waals surface area contributed by atoms with Crippen molar-refractivity contribution in [2.75, 3.05) is 0 Å². The van der Waals surface area contributed by atoms with Crippen molar-refractivity contribution in [3.63, 3.8) is 0 Å². The average molecular weight is 436 g/mol. The molecular weight excluding hydrogens is 421 g/mol. The highest BCUT2D eigenvalue weighted by Crippen LogP contribution is 2.28. The number of carbonyl (C=O) groups is 2. The van der Waals surface area contributed by atoms with Gasteiger partial charge in [0.2, 0.25) is 0 Å². The first-order valence-electron chi connectivity index (χ1n) is 8.77. The van der Waals surface area contributed by atoms with Crippen LogP contribution < -0.4 is 10.9 Å². The van der Waals surface area contributed by atoms with Crippen LogP contribution in [0.2, 0.25) is 0 Å². The summed E-state index contributed by atoms with van der Waals surface area (Å²) < 4.78 is 39.2. The summed E-state index contributed by atoms with van der Waals surface area (Å²) in [6, 6.07) is 3.35. The van der Waals surface area contributed by atoms with Crippen LogP contribution in [0.25, 0.3) is 11.0 Å². The number of rotatable bonds is 5. The Morgan fingerprint density at radius 1 is 1.23 bits per heavy atom. The van der Waals surface area contributed by atoms with Gasteiger partial charge in [-0.2, -0.15) is 13.2 Å². The highest BCUT2D eigenvalue weighted by molar-refractivity contribution is 6.02. The standard InChI is InChI=1S/C19H15F3N4O5/c1-9(18(30)31)25-16(28)13-14(27)11-3-2-6-23-15(11)26(17(13)29)8-10-4-5-12(24-7-10)19(20,21)22/h2-7,9,27H,8H2,1H3,(H,25,28)(H,30,31). The minimum Gasteiger partial charge on any atom is -0.506 e. The number of carbonyl (C=O) groups excluding carboxylic acids is 1. The highest BCUT2D eigenvalue weighted by atomic mass is 19.4. The van der Waals surface area contributed by atoms with Gasteiger partial charge in [-0.15, -0.1) is 0 Å². The second-order valence-electron chi connectivity index (χ2n) is 6.57. The van der Waals surface area contributed by atoms with E-state index in [1.165, 1.54) is 25.3 Å². The number of aromatic nitrogens is 3. The van der Waals surface area contributed by atoms with Crippen LogP contribution in [0.1, 0.15) is 28.5 Å². The fraction of sp³-hybridized carbons (Fsp3) is 0.211. The van der Waals surface area contributed by atoms with Crippen LogP contribution in [0, 0.1) is 0 Å². The number of carboxylic acids is 1. The SMILES string of the molecule is CC(NC(=O)c1c(O)c2cccnc2n(Cc2ccc(C(F)(F)F)nc2)c1=O)C(=O)O. The average Bonchev–Trinajstić information content (AvgIpc) is 2.70. The predicted octanol–water partition coefficient (Wildman–Crippen LogP) is 1.77. The van der Waals surface area contributed by atoms with E-state index in [2.05, 4.69) is 15.3 Å². The van der Waals surface area contributed by atoms with E-state index in [4.69, 9.17) is 5.11 Å². The maximum atomic E-state index is 13.0. The molecule has 0 aromatic carbocycles. The lowest BCUT2D eigenvalue weighted by Gasteiger charge is -2.15. The van der Waals surface area contributed by atoms with Crippen molar-refractivity contribution in [2.24, 2.45) is 0 Å². The molecule has 0 saturated heterocycles. The second-order valence-corrected chi connectivity index (χ2v) is 6.57. The third-order valence-corrected chi connectivity index (χ3v) is 4.39. The van der Waals surface area contributed by atoms with E-state index in [0.29, 0.717) is 0 Å². The molecule has 0 aliphatic rings. The summed E-state index contributed by atoms with van der Waals surface area (Å²) in [5, 5.41) is 21.5. The fourth-order valence-corrected chi connectivity index (χ4v) is 2.81. The number of aliphatic carboxylic acids is 1. The quantitative estimate of drug-likeness (QED) is 0.555. The topological polar surface area (TPSA) is 134 Å². The maximum Gasteiger partial charge on any atom is 0.433 e. The van der Waals surface area contributed by atoms with Crippen LogP contribution in [-0.4, -0.2) is 42.7 Å². The van der Waals surface area contributed by atoms with Gasteiger partial charge in [0, 0.05) is 12.4 Å². The van der Waals surface area contributed by atoms with Gasteiger partial charge >= 0.3 is 12.1 Å². The normalized spacial score (nSPS) is 12.5. The summed E-state index contributed by atoms with van der Waals surface area (Å²) in [6.45, 7) is 0.874. The lowest BCUT2D eigenvalue weighted by molar-refractivity contribution is -0.141. The van der Waals surface area contributed by atoms with E-state index < -0.39 is 46.7 Å². The molecule has 3 N–H and O–H groups in total. The fourth-order valence-electron chi connectivity index (χ4n) is 2.81. The number of carboxylic acid groups (broad SMARTS) is 1. The molecule has 0 aliphatic carbocycles. The predicted molar refractivity (Wildman–Crippen MR) is 101 cm³/mol. The first-order valence-corrected chi connectivity index (χ1v) is 8.77. The summed E-state index contributed by atoms with van der Waals surface area (Å²) in [5.41, 5.74) is -2.64. The molecule has 0 aliphatic heterocycles. The smallest absolute Gasteiger partial charge is 0.433 e. The largest absolute Gasteiger partial charge is 0.506 e. The molecule has 31 heavy (non-hydrogen) atoms. The van der Waals surface area contributed by atoms with Gasteiger partial charge in [0.1, 0.15) is 28.7 Å². The third kappa shape index (κ3) is 4.32. The Hall–Kier alpha value is -3.96. The van der Waals surface area contributed by atoms with Crippen LogP contribution >= 0.6 is 0 Å². The molecule has 3 rings (SSSR count). The summed E-state index contributed by atoms with van der Waals surface area (Å²) in [5.74, 6) is -3.17. The van der Waals surface area contributed by atoms with Crippen molar-refractivity contribution in [2.45, 2.75) is 25.7 Å². The number of aromatic hydroxyl groups is 1. The van der Waals surface area contributed by atoms with Crippen LogP contribution in [0.4, 0.5) is 13.2 Å². The van der Waals surface area contributed by atoms with Crippen molar-refractivity contribution in [1.29, 1.82) is 0 Å². The molecule has 12 heteroatoms. The summed E-state index contributed by atoms with van der Waals surface area (Å²) in [6.07, 6.45) is -2.37. The number of nitrogens with one attached hydrogen (secondary N) is 1. The first kappa shape index (κ1) is 21.7. The van der Waals surface area contributed by atoms with Gasteiger partial charge in [-0.3, -0.25) is 23.9 Å². The number of nitrogens with zero attached hydrogens (tertiary/aromatic N) is 3. The lowest BCUT2D eigenvalue weighted by atomic mass is 10.1. The van der Waals surface area contributed by atoms with Crippen molar-refractivity contribution >= 4 is 22.9 Å². The van der Waals surface area contributed by atoms with E-state index in [9.17, 15) is 32.7 Å². The molecule has 0 radical (unpaired) electrons. The zero-order valence-corrected chi connectivity index (χ0v) is 15.8. The van der Waals surface area contributed by atoms with E-state index in [1.54, 1.807) is 0 Å². The zero-order valence-electron chi connectivity index (χ0n) is 15.8. The van der Waals surface area contributed by atoms with Crippen molar-refractivity contribution in [3.8, 4) is 5.75 Å². The Kier molecular flexibility index (Phi) is 5.64. The van der Waals surface area contributed by atoms with Gasteiger partial charge in [0.15, 0.2) is 0 Å². The molecule has 1 unspecified atom stereocenters. The van der Waals surface area contributed by atoms with Crippen LogP contribution in [0.5, 0.6) is 5.75 Å². The molecule has 9 nitrogen and oxygen atoms in total. The molecule has 3 aromatic rings. The van der Waals surface area contributed by atoms with E-state index in [1.807, 2.05) is 0 Å². The Morgan fingerprint density at radius 3 is 2.52 bits per heavy atom. The minimum absolute atomic E-state index is 0.0206. The molecular formula is C19H15F3N4O5. The maximum absolute atomic E-state index is 13.0. The Bertz CT molecular complexity index is 1220. The Morgan fingerprint density at radius 2 is 1.94 bits per heavy atom. The number of hydrogen-bond acceptors (Lipinski definition) is 6. The molecule has 162 valence electrons. The molecule has 0 spiro atoms. The summed E-state index contributed by atoms with van der Waals surface area (Å²) in [7, 11) is 0. The molecule has 0 fully saturated rings. The Balaban J connectivity index is 2.12. The molecule has 3 heterocycles. The van der Waals surface area contributed by atoms with Crippen LogP contribution in [0.3, 0.4) is 0 Å². The zero-order chi connectivity index (χ0) is 22.9. The number of halogens is 3. The number of pyridine rings is 3. The van der Waals surface area contributed by atoms with E-state index in [0.717, 1.165) is 22.9 Å².